The van der Waals surface area contributed by atoms with Crippen LogP contribution in [-0.4, -0.2) is 36.5 Å². The highest BCUT2D eigenvalue weighted by molar-refractivity contribution is 7.89. The minimum atomic E-state index is -4.13. The molecule has 0 unspecified atom stereocenters. The zero-order chi connectivity index (χ0) is 18.4. The minimum Gasteiger partial charge on any atom is -0.487 e. The predicted molar refractivity (Wildman–Crippen MR) is 86.0 cm³/mol. The van der Waals surface area contributed by atoms with E-state index >= 15 is 0 Å². The summed E-state index contributed by atoms with van der Waals surface area (Å²) in [5.74, 6) is -1.49. The fraction of sp³-hybridized carbons (Fsp3) is 0.312. The Hall–Kier alpha value is -2.26. The number of ether oxygens (including phenoxy) is 1. The topological polar surface area (TPSA) is 68.6 Å². The Balaban J connectivity index is 1.72. The highest BCUT2D eigenvalue weighted by Gasteiger charge is 2.39. The van der Waals surface area contributed by atoms with Gasteiger partial charge in [-0.1, -0.05) is 0 Å². The lowest BCUT2D eigenvalue weighted by molar-refractivity contribution is 0.0757. The standard InChI is InChI=1S/C16H16F2N2O4S/c1-10-5-12(7-16(21)19(10)2)24-13-8-20(9-13)25(22,23)15-6-11(17)3-4-14(15)18/h3-7,13H,8-9H2,1-2H3. The van der Waals surface area contributed by atoms with Crippen molar-refractivity contribution in [1.29, 1.82) is 0 Å². The molecule has 0 saturated carbocycles. The molecule has 1 saturated heterocycles. The lowest BCUT2D eigenvalue weighted by Gasteiger charge is -2.37. The van der Waals surface area contributed by atoms with E-state index in [4.69, 9.17) is 4.74 Å². The van der Waals surface area contributed by atoms with Gasteiger partial charge in [-0.05, 0) is 31.2 Å². The van der Waals surface area contributed by atoms with Gasteiger partial charge in [-0.15, -0.1) is 0 Å². The molecule has 0 aliphatic carbocycles. The first-order chi connectivity index (χ1) is 11.7. The SMILES string of the molecule is Cc1cc(OC2CN(S(=O)(=O)c3cc(F)ccc3F)C2)cc(=O)n1C. The molecule has 9 heteroatoms. The van der Waals surface area contributed by atoms with Crippen LogP contribution in [0.2, 0.25) is 0 Å². The molecule has 0 atom stereocenters. The molecule has 2 aromatic rings. The molecule has 134 valence electrons. The maximum absolute atomic E-state index is 13.7. The van der Waals surface area contributed by atoms with Gasteiger partial charge in [0.05, 0.1) is 13.1 Å². The van der Waals surface area contributed by atoms with Crippen molar-refractivity contribution in [2.24, 2.45) is 7.05 Å². The summed E-state index contributed by atoms with van der Waals surface area (Å²) < 4.78 is 59.7. The largest absolute Gasteiger partial charge is 0.487 e. The molecular formula is C16H16F2N2O4S. The second-order valence-electron chi connectivity index (χ2n) is 5.87. The summed E-state index contributed by atoms with van der Waals surface area (Å²) in [4.78, 5) is 11.0. The van der Waals surface area contributed by atoms with E-state index in [0.29, 0.717) is 17.5 Å². The molecule has 1 aliphatic rings. The lowest BCUT2D eigenvalue weighted by atomic mass is 10.2. The number of sulfonamides is 1. The monoisotopic (exact) mass is 370 g/mol. The number of rotatable bonds is 4. The molecule has 0 N–H and O–H groups in total. The number of hydrogen-bond acceptors (Lipinski definition) is 4. The van der Waals surface area contributed by atoms with E-state index in [1.54, 1.807) is 20.0 Å². The van der Waals surface area contributed by atoms with Gasteiger partial charge < -0.3 is 9.30 Å². The van der Waals surface area contributed by atoms with Gasteiger partial charge in [0, 0.05) is 18.8 Å². The molecule has 0 spiro atoms. The summed E-state index contributed by atoms with van der Waals surface area (Å²) in [7, 11) is -2.50. The van der Waals surface area contributed by atoms with Gasteiger partial charge in [-0.25, -0.2) is 17.2 Å². The molecule has 1 aliphatic heterocycles. The van der Waals surface area contributed by atoms with Crippen LogP contribution in [0.5, 0.6) is 5.75 Å². The van der Waals surface area contributed by atoms with Crippen molar-refractivity contribution in [2.45, 2.75) is 17.9 Å². The Labute approximate surface area is 143 Å². The first-order valence-electron chi connectivity index (χ1n) is 7.48. The molecule has 6 nitrogen and oxygen atoms in total. The number of aryl methyl sites for hydroxylation is 1. The molecule has 1 aromatic heterocycles. The van der Waals surface area contributed by atoms with Gasteiger partial charge >= 0.3 is 0 Å². The summed E-state index contributed by atoms with van der Waals surface area (Å²) in [5.41, 5.74) is 0.466. The number of pyridine rings is 1. The van der Waals surface area contributed by atoms with Crippen molar-refractivity contribution in [1.82, 2.24) is 8.87 Å². The van der Waals surface area contributed by atoms with Crippen molar-refractivity contribution >= 4 is 10.0 Å². The summed E-state index contributed by atoms with van der Waals surface area (Å²) in [5, 5.41) is 0. The normalized spacial score (nSPS) is 15.8. The predicted octanol–water partition coefficient (Wildman–Crippen LogP) is 1.42. The van der Waals surface area contributed by atoms with Gasteiger partial charge in [0.15, 0.2) is 0 Å². The van der Waals surface area contributed by atoms with Crippen LogP contribution in [0.4, 0.5) is 8.78 Å². The first-order valence-corrected chi connectivity index (χ1v) is 8.92. The number of aromatic nitrogens is 1. The molecule has 0 bridgehead atoms. The highest BCUT2D eigenvalue weighted by atomic mass is 32.2. The van der Waals surface area contributed by atoms with E-state index in [2.05, 4.69) is 0 Å². The van der Waals surface area contributed by atoms with Gasteiger partial charge in [0.2, 0.25) is 10.0 Å². The smallest absolute Gasteiger partial charge is 0.254 e. The molecule has 1 fully saturated rings. The van der Waals surface area contributed by atoms with Crippen LogP contribution in [0.25, 0.3) is 0 Å². The van der Waals surface area contributed by atoms with Crippen LogP contribution in [0, 0.1) is 18.6 Å². The molecule has 3 rings (SSSR count). The van der Waals surface area contributed by atoms with E-state index in [1.807, 2.05) is 0 Å². The Morgan fingerprint density at radius 3 is 2.48 bits per heavy atom. The van der Waals surface area contributed by atoms with Crippen molar-refractivity contribution in [3.8, 4) is 5.75 Å². The lowest BCUT2D eigenvalue weighted by Crippen LogP contribution is -2.56. The van der Waals surface area contributed by atoms with Gasteiger partial charge in [-0.2, -0.15) is 4.31 Å². The zero-order valence-corrected chi connectivity index (χ0v) is 14.4. The quantitative estimate of drug-likeness (QED) is 0.816. The molecule has 2 heterocycles. The van der Waals surface area contributed by atoms with E-state index < -0.39 is 32.7 Å². The van der Waals surface area contributed by atoms with Crippen LogP contribution >= 0.6 is 0 Å². The van der Waals surface area contributed by atoms with Crippen LogP contribution in [-0.2, 0) is 17.1 Å². The Kier molecular flexibility index (Phi) is 4.38. The van der Waals surface area contributed by atoms with E-state index in [1.165, 1.54) is 10.6 Å². The summed E-state index contributed by atoms with van der Waals surface area (Å²) in [6.45, 7) is 1.73. The van der Waals surface area contributed by atoms with Gasteiger partial charge in [0.1, 0.15) is 28.4 Å². The Morgan fingerprint density at radius 1 is 1.16 bits per heavy atom. The van der Waals surface area contributed by atoms with Crippen LogP contribution in [0.3, 0.4) is 0 Å². The third kappa shape index (κ3) is 3.29. The summed E-state index contributed by atoms with van der Waals surface area (Å²) >= 11 is 0. The number of hydrogen-bond donors (Lipinski definition) is 0. The molecular weight excluding hydrogens is 354 g/mol. The van der Waals surface area contributed by atoms with Crippen LogP contribution < -0.4 is 10.3 Å². The third-order valence-corrected chi connectivity index (χ3v) is 5.95. The van der Waals surface area contributed by atoms with Crippen LogP contribution in [0.15, 0.2) is 40.0 Å². The molecule has 25 heavy (non-hydrogen) atoms. The summed E-state index contributed by atoms with van der Waals surface area (Å²) in [6.07, 6.45) is -0.460. The van der Waals surface area contributed by atoms with E-state index in [9.17, 15) is 22.0 Å². The maximum atomic E-state index is 13.7. The van der Waals surface area contributed by atoms with Crippen LogP contribution in [0.1, 0.15) is 5.69 Å². The minimum absolute atomic E-state index is 0.00740. The average molecular weight is 370 g/mol. The van der Waals surface area contributed by atoms with Crippen molar-refractivity contribution in [2.75, 3.05) is 13.1 Å². The summed E-state index contributed by atoms with van der Waals surface area (Å²) in [6, 6.07) is 5.28. The average Bonchev–Trinajstić information content (AvgIpc) is 2.50. The van der Waals surface area contributed by atoms with Crippen molar-refractivity contribution in [3.05, 3.63) is 58.0 Å². The van der Waals surface area contributed by atoms with E-state index in [0.717, 1.165) is 16.4 Å². The molecule has 0 amide bonds. The van der Waals surface area contributed by atoms with Crippen molar-refractivity contribution < 1.29 is 21.9 Å². The molecule has 0 radical (unpaired) electrons. The molecule has 1 aromatic carbocycles. The highest BCUT2D eigenvalue weighted by Crippen LogP contribution is 2.26. The van der Waals surface area contributed by atoms with Gasteiger partial charge in [-0.3, -0.25) is 4.79 Å². The first kappa shape index (κ1) is 17.6. The van der Waals surface area contributed by atoms with E-state index in [-0.39, 0.29) is 18.6 Å². The Bertz CT molecular complexity index is 982. The third-order valence-electron chi connectivity index (χ3n) is 4.10. The second-order valence-corrected chi connectivity index (χ2v) is 7.77. The fourth-order valence-electron chi connectivity index (χ4n) is 2.48. The fourth-order valence-corrected chi connectivity index (χ4v) is 4.06. The number of benzene rings is 1. The second kappa shape index (κ2) is 6.23. The number of nitrogens with zero attached hydrogens (tertiary/aromatic N) is 2. The van der Waals surface area contributed by atoms with Gasteiger partial charge in [0.25, 0.3) is 5.56 Å². The Morgan fingerprint density at radius 2 is 1.84 bits per heavy atom. The maximum Gasteiger partial charge on any atom is 0.254 e. The number of halogens is 2. The zero-order valence-electron chi connectivity index (χ0n) is 13.6. The van der Waals surface area contributed by atoms with Crippen molar-refractivity contribution in [3.63, 3.8) is 0 Å².